The number of nitrogens with two attached hydrogens (primary N) is 1. The summed E-state index contributed by atoms with van der Waals surface area (Å²) < 4.78 is 39.7. The van der Waals surface area contributed by atoms with Crippen molar-refractivity contribution in [2.24, 2.45) is 0 Å². The average Bonchev–Trinajstić information content (AvgIpc) is 3.26. The van der Waals surface area contributed by atoms with Crippen LogP contribution in [0.3, 0.4) is 0 Å². The van der Waals surface area contributed by atoms with Gasteiger partial charge in [0, 0.05) is 23.0 Å². The molecule has 4 N–H and O–H groups in total. The SMILES string of the molecule is COc1ccc(-c2nnc(SCC(=O)Nc3ccc(S(=O)(=O)Nc4cc(C)nc(C)n4)cc3)n2N)cc1OC. The minimum absolute atomic E-state index is 0.00468. The monoisotopic (exact) mass is 570 g/mol. The van der Waals surface area contributed by atoms with Crippen molar-refractivity contribution in [3.8, 4) is 22.9 Å². The summed E-state index contributed by atoms with van der Waals surface area (Å²) in [5.41, 5.74) is 1.73. The summed E-state index contributed by atoms with van der Waals surface area (Å²) in [6.07, 6.45) is 0. The molecule has 4 aromatic rings. The summed E-state index contributed by atoms with van der Waals surface area (Å²) in [4.78, 5) is 20.8. The number of amides is 1. The highest BCUT2D eigenvalue weighted by Gasteiger charge is 2.18. The molecule has 0 aliphatic rings. The van der Waals surface area contributed by atoms with Gasteiger partial charge in [0.15, 0.2) is 17.3 Å². The zero-order valence-corrected chi connectivity index (χ0v) is 23.1. The molecule has 0 unspecified atom stereocenters. The molecule has 0 aliphatic heterocycles. The van der Waals surface area contributed by atoms with E-state index in [1.165, 1.54) is 42.1 Å². The number of aromatic nitrogens is 5. The third-order valence-electron chi connectivity index (χ3n) is 5.29. The number of benzene rings is 2. The highest BCUT2D eigenvalue weighted by molar-refractivity contribution is 7.99. The minimum atomic E-state index is -3.88. The fraction of sp³-hybridized carbons (Fsp3) is 0.208. The van der Waals surface area contributed by atoms with Gasteiger partial charge in [-0.25, -0.2) is 23.1 Å². The van der Waals surface area contributed by atoms with E-state index in [1.807, 2.05) is 0 Å². The Labute approximate surface area is 229 Å². The van der Waals surface area contributed by atoms with Gasteiger partial charge in [0.05, 0.1) is 24.9 Å². The fourth-order valence-electron chi connectivity index (χ4n) is 3.56. The molecule has 2 heterocycles. The number of ether oxygens (including phenoxy) is 2. The Bertz CT molecular complexity index is 1590. The number of methoxy groups -OCH3 is 2. The first kappa shape index (κ1) is 27.7. The number of anilines is 2. The number of hydrogen-bond acceptors (Lipinski definition) is 11. The molecule has 15 heteroatoms. The van der Waals surface area contributed by atoms with E-state index in [0.29, 0.717) is 45.2 Å². The van der Waals surface area contributed by atoms with Gasteiger partial charge < -0.3 is 20.6 Å². The normalized spacial score (nSPS) is 11.2. The van der Waals surface area contributed by atoms with E-state index in [2.05, 4.69) is 30.2 Å². The third kappa shape index (κ3) is 6.56. The molecule has 204 valence electrons. The Morgan fingerprint density at radius 2 is 1.72 bits per heavy atom. The lowest BCUT2D eigenvalue weighted by Gasteiger charge is -2.10. The maximum atomic E-state index is 12.7. The standard InChI is InChI=1S/C24H26N8O5S2/c1-14-11-21(27-15(2)26-14)31-39(34,35)18-8-6-17(7-9-18)28-22(33)13-38-24-30-29-23(32(24)25)16-5-10-19(36-3)20(12-16)37-4/h5-12H,13,25H2,1-4H3,(H,28,33)(H,26,27,31). The van der Waals surface area contributed by atoms with Crippen LogP contribution in [0.4, 0.5) is 11.5 Å². The number of carbonyl (C=O) groups is 1. The van der Waals surface area contributed by atoms with Gasteiger partial charge in [-0.05, 0) is 56.3 Å². The molecule has 1 amide bonds. The molecule has 0 radical (unpaired) electrons. The molecular weight excluding hydrogens is 544 g/mol. The number of carbonyl (C=O) groups excluding carboxylic acids is 1. The van der Waals surface area contributed by atoms with E-state index in [4.69, 9.17) is 15.3 Å². The van der Waals surface area contributed by atoms with E-state index < -0.39 is 10.0 Å². The third-order valence-corrected chi connectivity index (χ3v) is 7.61. The molecule has 0 saturated carbocycles. The molecule has 0 saturated heterocycles. The van der Waals surface area contributed by atoms with Gasteiger partial charge >= 0.3 is 0 Å². The molecule has 0 atom stereocenters. The van der Waals surface area contributed by atoms with Crippen molar-refractivity contribution < 1.29 is 22.7 Å². The van der Waals surface area contributed by atoms with E-state index in [9.17, 15) is 13.2 Å². The van der Waals surface area contributed by atoms with Crippen molar-refractivity contribution in [1.82, 2.24) is 24.8 Å². The lowest BCUT2D eigenvalue weighted by molar-refractivity contribution is -0.113. The topological polar surface area (TPSA) is 176 Å². The number of thioether (sulfide) groups is 1. The molecular formula is C24H26N8O5S2. The van der Waals surface area contributed by atoms with Crippen molar-refractivity contribution in [2.45, 2.75) is 23.9 Å². The maximum Gasteiger partial charge on any atom is 0.263 e. The van der Waals surface area contributed by atoms with E-state index >= 15 is 0 Å². The number of nitrogens with zero attached hydrogens (tertiary/aromatic N) is 5. The smallest absolute Gasteiger partial charge is 0.263 e. The quantitative estimate of drug-likeness (QED) is 0.189. The van der Waals surface area contributed by atoms with Gasteiger partial charge in [0.1, 0.15) is 11.6 Å². The largest absolute Gasteiger partial charge is 0.493 e. The first-order valence-corrected chi connectivity index (χ1v) is 13.9. The zero-order valence-electron chi connectivity index (χ0n) is 21.5. The number of aryl methyl sites for hydroxylation is 2. The van der Waals surface area contributed by atoms with Gasteiger partial charge in [0.25, 0.3) is 10.0 Å². The molecule has 0 aliphatic carbocycles. The molecule has 13 nitrogen and oxygen atoms in total. The Balaban J connectivity index is 1.36. The summed E-state index contributed by atoms with van der Waals surface area (Å²) in [6.45, 7) is 3.42. The summed E-state index contributed by atoms with van der Waals surface area (Å²) in [7, 11) is -0.807. The van der Waals surface area contributed by atoms with Crippen LogP contribution in [-0.4, -0.2) is 59.1 Å². The van der Waals surface area contributed by atoms with Crippen LogP contribution in [0.15, 0.2) is 58.6 Å². The van der Waals surface area contributed by atoms with Gasteiger partial charge in [-0.2, -0.15) is 0 Å². The highest BCUT2D eigenvalue weighted by Crippen LogP contribution is 2.32. The number of sulfonamides is 1. The molecule has 39 heavy (non-hydrogen) atoms. The van der Waals surface area contributed by atoms with Crippen LogP contribution in [-0.2, 0) is 14.8 Å². The molecule has 4 rings (SSSR count). The van der Waals surface area contributed by atoms with Crippen LogP contribution in [0.25, 0.3) is 11.4 Å². The second-order valence-corrected chi connectivity index (χ2v) is 10.8. The first-order valence-electron chi connectivity index (χ1n) is 11.4. The van der Waals surface area contributed by atoms with Crippen LogP contribution >= 0.6 is 11.8 Å². The summed E-state index contributed by atoms with van der Waals surface area (Å²) in [5, 5.41) is 11.2. The lowest BCUT2D eigenvalue weighted by Crippen LogP contribution is -2.17. The number of nitrogen functional groups attached to an aromatic ring is 1. The number of nitrogens with one attached hydrogen (secondary N) is 2. The first-order chi connectivity index (χ1) is 18.6. The van der Waals surface area contributed by atoms with Gasteiger partial charge in [-0.15, -0.1) is 10.2 Å². The average molecular weight is 571 g/mol. The summed E-state index contributed by atoms with van der Waals surface area (Å²) in [6, 6.07) is 12.5. The van der Waals surface area contributed by atoms with Crippen LogP contribution < -0.4 is 25.4 Å². The molecule has 2 aromatic heterocycles. The van der Waals surface area contributed by atoms with Crippen molar-refractivity contribution in [3.63, 3.8) is 0 Å². The predicted molar refractivity (Wildman–Crippen MR) is 147 cm³/mol. The Morgan fingerprint density at radius 3 is 2.38 bits per heavy atom. The van der Waals surface area contributed by atoms with Crippen molar-refractivity contribution in [3.05, 3.63) is 60.0 Å². The van der Waals surface area contributed by atoms with Crippen LogP contribution in [0.5, 0.6) is 11.5 Å². The Kier molecular flexibility index (Phi) is 8.21. The van der Waals surface area contributed by atoms with Crippen molar-refractivity contribution in [2.75, 3.05) is 35.9 Å². The van der Waals surface area contributed by atoms with Crippen LogP contribution in [0, 0.1) is 13.8 Å². The number of rotatable bonds is 10. The zero-order chi connectivity index (χ0) is 28.2. The number of hydrogen-bond donors (Lipinski definition) is 3. The highest BCUT2D eigenvalue weighted by atomic mass is 32.2. The Hall–Kier alpha value is -4.37. The van der Waals surface area contributed by atoms with E-state index in [0.717, 1.165) is 11.8 Å². The van der Waals surface area contributed by atoms with E-state index in [-0.39, 0.29) is 22.4 Å². The molecule has 0 fully saturated rings. The van der Waals surface area contributed by atoms with Crippen molar-refractivity contribution >= 4 is 39.2 Å². The molecule has 2 aromatic carbocycles. The predicted octanol–water partition coefficient (Wildman–Crippen LogP) is 2.61. The molecule has 0 bridgehead atoms. The minimum Gasteiger partial charge on any atom is -0.493 e. The summed E-state index contributed by atoms with van der Waals surface area (Å²) >= 11 is 1.10. The maximum absolute atomic E-state index is 12.7. The van der Waals surface area contributed by atoms with Gasteiger partial charge in [0.2, 0.25) is 11.1 Å². The van der Waals surface area contributed by atoms with E-state index in [1.54, 1.807) is 39.2 Å². The second-order valence-electron chi connectivity index (χ2n) is 8.15. The van der Waals surface area contributed by atoms with Crippen LogP contribution in [0.2, 0.25) is 0 Å². The lowest BCUT2D eigenvalue weighted by atomic mass is 10.2. The Morgan fingerprint density at radius 1 is 1.00 bits per heavy atom. The van der Waals surface area contributed by atoms with Gasteiger partial charge in [-0.3, -0.25) is 9.52 Å². The van der Waals surface area contributed by atoms with Gasteiger partial charge in [-0.1, -0.05) is 11.8 Å². The second kappa shape index (κ2) is 11.6. The molecule has 0 spiro atoms. The summed E-state index contributed by atoms with van der Waals surface area (Å²) in [5.74, 6) is 7.91. The fourth-order valence-corrected chi connectivity index (χ4v) is 5.21. The van der Waals surface area contributed by atoms with Crippen molar-refractivity contribution in [1.29, 1.82) is 0 Å². The van der Waals surface area contributed by atoms with Crippen LogP contribution in [0.1, 0.15) is 11.5 Å².